The maximum absolute atomic E-state index is 10.5. The molecule has 4 heteroatoms. The summed E-state index contributed by atoms with van der Waals surface area (Å²) in [5.41, 5.74) is 1.25. The number of benzene rings is 2. The Morgan fingerprint density at radius 3 is 2.28 bits per heavy atom. The van der Waals surface area contributed by atoms with E-state index in [4.69, 9.17) is 0 Å². The lowest BCUT2D eigenvalue weighted by molar-refractivity contribution is -0.384. The van der Waals surface area contributed by atoms with Crippen LogP contribution in [0.3, 0.4) is 0 Å². The van der Waals surface area contributed by atoms with E-state index in [1.165, 1.54) is 23.9 Å². The van der Waals surface area contributed by atoms with Gasteiger partial charge in [-0.25, -0.2) is 0 Å². The molecule has 0 atom stereocenters. The van der Waals surface area contributed by atoms with Gasteiger partial charge in [0, 0.05) is 17.0 Å². The Kier molecular flexibility index (Phi) is 4.15. The van der Waals surface area contributed by atoms with Crippen LogP contribution in [0.1, 0.15) is 5.56 Å². The first-order valence-electron chi connectivity index (χ1n) is 5.38. The molecule has 0 fully saturated rings. The van der Waals surface area contributed by atoms with Gasteiger partial charge in [-0.2, -0.15) is 0 Å². The molecule has 0 spiro atoms. The summed E-state index contributed by atoms with van der Waals surface area (Å²) in [6, 6.07) is 16.5. The molecule has 0 N–H and O–H groups in total. The number of hydrogen-bond acceptors (Lipinski definition) is 3. The van der Waals surface area contributed by atoms with E-state index >= 15 is 0 Å². The van der Waals surface area contributed by atoms with Crippen LogP contribution in [0.2, 0.25) is 0 Å². The second kappa shape index (κ2) is 6.02. The maximum atomic E-state index is 10.5. The Morgan fingerprint density at radius 2 is 1.67 bits per heavy atom. The van der Waals surface area contributed by atoms with Crippen LogP contribution >= 0.6 is 11.8 Å². The molecular formula is C14H11NO2S. The molecular weight excluding hydrogens is 246 g/mol. The minimum atomic E-state index is -0.395. The Labute approximate surface area is 109 Å². The summed E-state index contributed by atoms with van der Waals surface area (Å²) in [6.07, 6.45) is 2.01. The second-order valence-corrected chi connectivity index (χ2v) is 4.56. The van der Waals surface area contributed by atoms with Gasteiger partial charge in [-0.15, -0.1) is 0 Å². The molecule has 0 saturated carbocycles. The summed E-state index contributed by atoms with van der Waals surface area (Å²) >= 11 is 1.53. The van der Waals surface area contributed by atoms with Gasteiger partial charge in [0.15, 0.2) is 0 Å². The minimum Gasteiger partial charge on any atom is -0.258 e. The second-order valence-electron chi connectivity index (χ2n) is 3.58. The number of nitro benzene ring substituents is 1. The molecule has 0 aromatic heterocycles. The first kappa shape index (κ1) is 12.4. The van der Waals surface area contributed by atoms with E-state index in [2.05, 4.69) is 0 Å². The lowest BCUT2D eigenvalue weighted by Crippen LogP contribution is -1.86. The van der Waals surface area contributed by atoms with Gasteiger partial charge in [0.1, 0.15) is 0 Å². The van der Waals surface area contributed by atoms with E-state index < -0.39 is 4.92 Å². The van der Waals surface area contributed by atoms with Gasteiger partial charge in [-0.1, -0.05) is 42.1 Å². The standard InChI is InChI=1S/C14H11NO2S/c16-15(17)13-6-8-14(9-7-13)18-11-10-12-4-2-1-3-5-12/h1-11H/b11-10+. The topological polar surface area (TPSA) is 43.1 Å². The van der Waals surface area contributed by atoms with Gasteiger partial charge in [-0.05, 0) is 29.2 Å². The fourth-order valence-electron chi connectivity index (χ4n) is 1.40. The summed E-state index contributed by atoms with van der Waals surface area (Å²) in [6.45, 7) is 0. The van der Waals surface area contributed by atoms with E-state index in [1.807, 2.05) is 41.8 Å². The van der Waals surface area contributed by atoms with Crippen LogP contribution in [0.25, 0.3) is 6.08 Å². The zero-order valence-electron chi connectivity index (χ0n) is 9.52. The third-order valence-electron chi connectivity index (χ3n) is 2.31. The van der Waals surface area contributed by atoms with Crippen molar-refractivity contribution in [3.63, 3.8) is 0 Å². The van der Waals surface area contributed by atoms with Gasteiger partial charge in [0.2, 0.25) is 0 Å². The van der Waals surface area contributed by atoms with Crippen molar-refractivity contribution < 1.29 is 4.92 Å². The normalized spacial score (nSPS) is 10.7. The van der Waals surface area contributed by atoms with Crippen molar-refractivity contribution in [3.05, 3.63) is 75.7 Å². The van der Waals surface area contributed by atoms with Crippen LogP contribution in [0.15, 0.2) is 64.9 Å². The van der Waals surface area contributed by atoms with Crippen molar-refractivity contribution in [1.82, 2.24) is 0 Å². The molecule has 0 unspecified atom stereocenters. The highest BCUT2D eigenvalue weighted by atomic mass is 32.2. The van der Waals surface area contributed by atoms with Gasteiger partial charge >= 0.3 is 0 Å². The van der Waals surface area contributed by atoms with Crippen LogP contribution in [0.4, 0.5) is 5.69 Å². The molecule has 0 bridgehead atoms. The number of non-ortho nitro benzene ring substituents is 1. The quantitative estimate of drug-likeness (QED) is 0.464. The van der Waals surface area contributed by atoms with Gasteiger partial charge in [-0.3, -0.25) is 10.1 Å². The predicted molar refractivity (Wildman–Crippen MR) is 74.4 cm³/mol. The lowest BCUT2D eigenvalue weighted by atomic mass is 10.2. The number of nitrogens with zero attached hydrogens (tertiary/aromatic N) is 1. The number of hydrogen-bond donors (Lipinski definition) is 0. The zero-order chi connectivity index (χ0) is 12.8. The molecule has 0 aliphatic heterocycles. The maximum Gasteiger partial charge on any atom is 0.269 e. The van der Waals surface area contributed by atoms with Crippen molar-refractivity contribution in [2.75, 3.05) is 0 Å². The van der Waals surface area contributed by atoms with E-state index in [9.17, 15) is 10.1 Å². The van der Waals surface area contributed by atoms with Gasteiger partial charge in [0.25, 0.3) is 5.69 Å². The number of nitro groups is 1. The van der Waals surface area contributed by atoms with E-state index in [-0.39, 0.29) is 5.69 Å². The third kappa shape index (κ3) is 3.46. The third-order valence-corrected chi connectivity index (χ3v) is 3.13. The molecule has 0 radical (unpaired) electrons. The molecule has 0 saturated heterocycles. The predicted octanol–water partition coefficient (Wildman–Crippen LogP) is 4.36. The average molecular weight is 257 g/mol. The molecule has 0 amide bonds. The lowest BCUT2D eigenvalue weighted by Gasteiger charge is -1.96. The SMILES string of the molecule is O=[N+]([O-])c1ccc(S/C=C/c2ccccc2)cc1. The van der Waals surface area contributed by atoms with Gasteiger partial charge < -0.3 is 0 Å². The van der Waals surface area contributed by atoms with E-state index in [1.54, 1.807) is 12.1 Å². The fourth-order valence-corrected chi connectivity index (χ4v) is 2.08. The molecule has 0 aliphatic rings. The first-order valence-corrected chi connectivity index (χ1v) is 6.26. The molecule has 2 aromatic carbocycles. The Morgan fingerprint density at radius 1 is 1.00 bits per heavy atom. The molecule has 0 aliphatic carbocycles. The smallest absolute Gasteiger partial charge is 0.258 e. The van der Waals surface area contributed by atoms with Gasteiger partial charge in [0.05, 0.1) is 4.92 Å². The number of rotatable bonds is 4. The van der Waals surface area contributed by atoms with Crippen molar-refractivity contribution in [3.8, 4) is 0 Å². The monoisotopic (exact) mass is 257 g/mol. The van der Waals surface area contributed by atoms with Crippen LogP contribution in [0, 0.1) is 10.1 Å². The molecule has 90 valence electrons. The summed E-state index contributed by atoms with van der Waals surface area (Å²) in [7, 11) is 0. The highest BCUT2D eigenvalue weighted by Crippen LogP contribution is 2.22. The van der Waals surface area contributed by atoms with Crippen molar-refractivity contribution in [2.45, 2.75) is 4.90 Å². The Hall–Kier alpha value is -2.07. The average Bonchev–Trinajstić information content (AvgIpc) is 2.40. The minimum absolute atomic E-state index is 0.117. The van der Waals surface area contributed by atoms with Crippen LogP contribution < -0.4 is 0 Å². The van der Waals surface area contributed by atoms with Crippen LogP contribution in [-0.4, -0.2) is 4.92 Å². The highest BCUT2D eigenvalue weighted by molar-refractivity contribution is 8.02. The zero-order valence-corrected chi connectivity index (χ0v) is 10.3. The van der Waals surface area contributed by atoms with Crippen molar-refractivity contribution in [1.29, 1.82) is 0 Å². The molecule has 2 aromatic rings. The summed E-state index contributed by atoms with van der Waals surface area (Å²) in [5.74, 6) is 0. The molecule has 3 nitrogen and oxygen atoms in total. The Balaban J connectivity index is 1.98. The largest absolute Gasteiger partial charge is 0.269 e. The molecule has 0 heterocycles. The number of thioether (sulfide) groups is 1. The van der Waals surface area contributed by atoms with Crippen LogP contribution in [-0.2, 0) is 0 Å². The van der Waals surface area contributed by atoms with Crippen molar-refractivity contribution in [2.24, 2.45) is 0 Å². The Bertz CT molecular complexity index is 550. The molecule has 18 heavy (non-hydrogen) atoms. The fraction of sp³-hybridized carbons (Fsp3) is 0. The summed E-state index contributed by atoms with van der Waals surface area (Å²) in [4.78, 5) is 11.1. The first-order chi connectivity index (χ1) is 8.75. The highest BCUT2D eigenvalue weighted by Gasteiger charge is 2.02. The van der Waals surface area contributed by atoms with Crippen molar-refractivity contribution >= 4 is 23.5 Å². The van der Waals surface area contributed by atoms with E-state index in [0.717, 1.165) is 10.5 Å². The van der Waals surface area contributed by atoms with Crippen LogP contribution in [0.5, 0.6) is 0 Å². The van der Waals surface area contributed by atoms with E-state index in [0.29, 0.717) is 0 Å². The summed E-state index contributed by atoms with van der Waals surface area (Å²) in [5, 5.41) is 12.5. The summed E-state index contributed by atoms with van der Waals surface area (Å²) < 4.78 is 0. The molecule has 2 rings (SSSR count).